The van der Waals surface area contributed by atoms with Crippen LogP contribution in [0.2, 0.25) is 0 Å². The second-order valence-corrected chi connectivity index (χ2v) is 6.23. The molecule has 2 aliphatic rings. The number of amides is 1. The topological polar surface area (TPSA) is 93.9 Å². The minimum absolute atomic E-state index is 0.139. The number of carbonyl (C=O) groups excluding carboxylic acids is 1. The van der Waals surface area contributed by atoms with Gasteiger partial charge in [0.1, 0.15) is 13.2 Å². The molecule has 1 unspecified atom stereocenters. The minimum atomic E-state index is -0.543. The zero-order valence-electron chi connectivity index (χ0n) is 13.8. The Kier molecular flexibility index (Phi) is 4.57. The molecule has 1 saturated carbocycles. The van der Waals surface area contributed by atoms with Crippen molar-refractivity contribution in [2.24, 2.45) is 0 Å². The maximum absolute atomic E-state index is 12.5. The number of non-ortho nitro benzene ring substituents is 1. The van der Waals surface area contributed by atoms with Crippen LogP contribution < -0.4 is 14.8 Å². The Labute approximate surface area is 139 Å². The van der Waals surface area contributed by atoms with Crippen molar-refractivity contribution in [1.29, 1.82) is 0 Å². The molecule has 24 heavy (non-hydrogen) atoms. The number of carbonyl (C=O) groups is 1. The number of rotatable bonds is 6. The predicted octanol–water partition coefficient (Wildman–Crippen LogP) is 1.58. The molecule has 1 N–H and O–H groups in total. The predicted molar refractivity (Wildman–Crippen MR) is 86.7 cm³/mol. The Hall–Kier alpha value is -2.35. The van der Waals surface area contributed by atoms with Crippen molar-refractivity contribution in [1.82, 2.24) is 10.2 Å². The Morgan fingerprint density at radius 3 is 2.79 bits per heavy atom. The van der Waals surface area contributed by atoms with Crippen LogP contribution in [-0.4, -0.2) is 54.6 Å². The Bertz CT molecular complexity index is 659. The van der Waals surface area contributed by atoms with Gasteiger partial charge < -0.3 is 14.8 Å². The molecular formula is C16H21N3O5. The van der Waals surface area contributed by atoms with Gasteiger partial charge in [0, 0.05) is 24.7 Å². The van der Waals surface area contributed by atoms with Gasteiger partial charge in [-0.2, -0.15) is 0 Å². The minimum Gasteiger partial charge on any atom is -0.486 e. The molecule has 0 radical (unpaired) electrons. The van der Waals surface area contributed by atoms with Crippen LogP contribution in [0, 0.1) is 10.1 Å². The van der Waals surface area contributed by atoms with E-state index in [0.717, 1.165) is 0 Å². The molecule has 1 atom stereocenters. The standard InChI is InChI=1S/C16H21N3O5/c1-10(18(2)11-3-4-11)9-17-16(20)13-7-12(19(21)22)8-14-15(13)24-6-5-23-14/h7-8,10-11H,3-6,9H2,1-2H3,(H,17,20). The third-order valence-electron chi connectivity index (χ3n) is 4.46. The van der Waals surface area contributed by atoms with E-state index in [1.807, 2.05) is 14.0 Å². The zero-order chi connectivity index (χ0) is 17.3. The number of nitro groups is 1. The van der Waals surface area contributed by atoms with Crippen molar-refractivity contribution in [3.05, 3.63) is 27.8 Å². The molecule has 0 spiro atoms. The maximum atomic E-state index is 12.5. The molecule has 0 bridgehead atoms. The first-order valence-electron chi connectivity index (χ1n) is 8.05. The second kappa shape index (κ2) is 6.64. The van der Waals surface area contributed by atoms with E-state index >= 15 is 0 Å². The van der Waals surface area contributed by atoms with Gasteiger partial charge in [0.05, 0.1) is 16.6 Å². The Balaban J connectivity index is 1.75. The van der Waals surface area contributed by atoms with Gasteiger partial charge in [0.25, 0.3) is 11.6 Å². The molecule has 0 aromatic heterocycles. The van der Waals surface area contributed by atoms with Gasteiger partial charge in [-0.05, 0) is 26.8 Å². The molecule has 1 heterocycles. The Morgan fingerprint density at radius 2 is 2.12 bits per heavy atom. The van der Waals surface area contributed by atoms with Gasteiger partial charge in [-0.25, -0.2) is 0 Å². The van der Waals surface area contributed by atoms with Gasteiger partial charge in [0.2, 0.25) is 0 Å². The smallest absolute Gasteiger partial charge is 0.274 e. The fourth-order valence-electron chi connectivity index (χ4n) is 2.73. The number of hydrogen-bond acceptors (Lipinski definition) is 6. The molecule has 1 fully saturated rings. The number of hydrogen-bond donors (Lipinski definition) is 1. The molecule has 0 saturated heterocycles. The zero-order valence-corrected chi connectivity index (χ0v) is 13.8. The molecule has 1 aromatic rings. The highest BCUT2D eigenvalue weighted by Crippen LogP contribution is 2.37. The second-order valence-electron chi connectivity index (χ2n) is 6.23. The summed E-state index contributed by atoms with van der Waals surface area (Å²) in [5.74, 6) is 0.118. The van der Waals surface area contributed by atoms with Gasteiger partial charge in [0.15, 0.2) is 11.5 Å². The van der Waals surface area contributed by atoms with Crippen molar-refractivity contribution in [2.75, 3.05) is 26.8 Å². The van der Waals surface area contributed by atoms with Crippen LogP contribution in [0.3, 0.4) is 0 Å². The van der Waals surface area contributed by atoms with Crippen molar-refractivity contribution in [3.8, 4) is 11.5 Å². The van der Waals surface area contributed by atoms with Crippen molar-refractivity contribution >= 4 is 11.6 Å². The summed E-state index contributed by atoms with van der Waals surface area (Å²) < 4.78 is 10.9. The van der Waals surface area contributed by atoms with Crippen molar-refractivity contribution < 1.29 is 19.2 Å². The molecule has 1 amide bonds. The number of benzene rings is 1. The molecule has 8 heteroatoms. The van der Waals surface area contributed by atoms with Gasteiger partial charge in [-0.15, -0.1) is 0 Å². The van der Waals surface area contributed by atoms with Crippen LogP contribution in [0.15, 0.2) is 12.1 Å². The number of nitrogens with one attached hydrogen (secondary N) is 1. The van der Waals surface area contributed by atoms with Crippen LogP contribution >= 0.6 is 0 Å². The normalized spacial score (nSPS) is 17.5. The average molecular weight is 335 g/mol. The number of ether oxygens (including phenoxy) is 2. The molecule has 1 aromatic carbocycles. The fraction of sp³-hybridized carbons (Fsp3) is 0.562. The van der Waals surface area contributed by atoms with Gasteiger partial charge in [-0.1, -0.05) is 0 Å². The highest BCUT2D eigenvalue weighted by atomic mass is 16.6. The first-order valence-corrected chi connectivity index (χ1v) is 8.05. The lowest BCUT2D eigenvalue weighted by Crippen LogP contribution is -2.41. The summed E-state index contributed by atoms with van der Waals surface area (Å²) in [6.45, 7) is 3.12. The van der Waals surface area contributed by atoms with Crippen LogP contribution in [0.25, 0.3) is 0 Å². The van der Waals surface area contributed by atoms with E-state index in [2.05, 4.69) is 10.2 Å². The third-order valence-corrected chi connectivity index (χ3v) is 4.46. The lowest BCUT2D eigenvalue weighted by Gasteiger charge is -2.25. The van der Waals surface area contributed by atoms with E-state index in [9.17, 15) is 14.9 Å². The summed E-state index contributed by atoms with van der Waals surface area (Å²) in [6.07, 6.45) is 2.39. The summed E-state index contributed by atoms with van der Waals surface area (Å²) in [6, 6.07) is 3.31. The van der Waals surface area contributed by atoms with Gasteiger partial charge in [-0.3, -0.25) is 19.8 Å². The molecule has 1 aliphatic carbocycles. The number of fused-ring (bicyclic) bond motifs is 1. The SMILES string of the molecule is CC(CNC(=O)c1cc([N+](=O)[O-])cc2c1OCCO2)N(C)C1CC1. The van der Waals surface area contributed by atoms with Crippen molar-refractivity contribution in [2.45, 2.75) is 31.8 Å². The van der Waals surface area contributed by atoms with E-state index in [4.69, 9.17) is 9.47 Å². The van der Waals surface area contributed by atoms with E-state index in [-0.39, 0.29) is 28.8 Å². The number of nitrogens with zero attached hydrogens (tertiary/aromatic N) is 2. The van der Waals surface area contributed by atoms with Crippen LogP contribution in [0.1, 0.15) is 30.1 Å². The first-order chi connectivity index (χ1) is 11.5. The summed E-state index contributed by atoms with van der Waals surface area (Å²) in [5, 5.41) is 13.9. The van der Waals surface area contributed by atoms with Crippen LogP contribution in [0.5, 0.6) is 11.5 Å². The lowest BCUT2D eigenvalue weighted by molar-refractivity contribution is -0.385. The van der Waals surface area contributed by atoms with Crippen molar-refractivity contribution in [3.63, 3.8) is 0 Å². The largest absolute Gasteiger partial charge is 0.486 e. The van der Waals surface area contributed by atoms with Crippen LogP contribution in [-0.2, 0) is 0 Å². The quantitative estimate of drug-likeness (QED) is 0.626. The average Bonchev–Trinajstić information content (AvgIpc) is 3.42. The summed E-state index contributed by atoms with van der Waals surface area (Å²) in [5.41, 5.74) is -0.0484. The van der Waals surface area contributed by atoms with E-state index < -0.39 is 10.8 Å². The molecule has 3 rings (SSSR count). The molecule has 8 nitrogen and oxygen atoms in total. The monoisotopic (exact) mass is 335 g/mol. The number of likely N-dealkylation sites (N-methyl/N-ethyl adjacent to an activating group) is 1. The van der Waals surface area contributed by atoms with Crippen LogP contribution in [0.4, 0.5) is 5.69 Å². The van der Waals surface area contributed by atoms with E-state index in [0.29, 0.717) is 25.8 Å². The highest BCUT2D eigenvalue weighted by molar-refractivity contribution is 5.98. The molecule has 130 valence electrons. The van der Waals surface area contributed by atoms with Gasteiger partial charge >= 0.3 is 0 Å². The van der Waals surface area contributed by atoms with E-state index in [1.165, 1.54) is 25.0 Å². The molecule has 1 aliphatic heterocycles. The first kappa shape index (κ1) is 16.5. The maximum Gasteiger partial charge on any atom is 0.274 e. The van der Waals surface area contributed by atoms with E-state index in [1.54, 1.807) is 0 Å². The fourth-order valence-corrected chi connectivity index (χ4v) is 2.73. The highest BCUT2D eigenvalue weighted by Gasteiger charge is 2.30. The summed E-state index contributed by atoms with van der Waals surface area (Å²) in [7, 11) is 2.04. The number of nitro benzene ring substituents is 1. The summed E-state index contributed by atoms with van der Waals surface area (Å²) in [4.78, 5) is 25.3. The summed E-state index contributed by atoms with van der Waals surface area (Å²) >= 11 is 0. The molecular weight excluding hydrogens is 314 g/mol. The lowest BCUT2D eigenvalue weighted by atomic mass is 10.1. The third kappa shape index (κ3) is 3.43. The Morgan fingerprint density at radius 1 is 1.42 bits per heavy atom.